The number of piperidine rings is 1. The Bertz CT molecular complexity index is 1190. The lowest BCUT2D eigenvalue weighted by molar-refractivity contribution is -0.122. The number of aromatic nitrogens is 2. The van der Waals surface area contributed by atoms with Gasteiger partial charge in [-0.1, -0.05) is 36.4 Å². The number of carbonyl (C=O) groups excluding carboxylic acids is 1. The molecule has 3 aromatic rings. The van der Waals surface area contributed by atoms with Gasteiger partial charge < -0.3 is 10.3 Å². The third kappa shape index (κ3) is 5.11. The first kappa shape index (κ1) is 21.5. The highest BCUT2D eigenvalue weighted by atomic mass is 32.1. The van der Waals surface area contributed by atoms with Crippen LogP contribution in [0.3, 0.4) is 0 Å². The van der Waals surface area contributed by atoms with Gasteiger partial charge in [0.1, 0.15) is 0 Å². The van der Waals surface area contributed by atoms with E-state index >= 15 is 0 Å². The van der Waals surface area contributed by atoms with Crippen molar-refractivity contribution in [1.82, 2.24) is 19.8 Å². The average molecular weight is 437 g/mol. The van der Waals surface area contributed by atoms with Crippen LogP contribution < -0.4 is 10.9 Å². The largest absolute Gasteiger partial charge is 0.353 e. The first-order valence-corrected chi connectivity index (χ1v) is 11.2. The molecule has 0 unspecified atom stereocenters. The molecule has 162 valence electrons. The molecule has 1 aliphatic rings. The normalized spacial score (nSPS) is 15.3. The molecular weight excluding hydrogens is 408 g/mol. The van der Waals surface area contributed by atoms with Crippen molar-refractivity contribution in [2.24, 2.45) is 0 Å². The molecule has 0 saturated carbocycles. The summed E-state index contributed by atoms with van der Waals surface area (Å²) in [6.07, 6.45) is 2.11. The van der Waals surface area contributed by atoms with E-state index in [0.29, 0.717) is 10.2 Å². The van der Waals surface area contributed by atoms with E-state index in [-0.39, 0.29) is 30.5 Å². The van der Waals surface area contributed by atoms with Gasteiger partial charge in [0.05, 0.1) is 10.9 Å². The van der Waals surface area contributed by atoms with Crippen LogP contribution in [0.2, 0.25) is 0 Å². The Balaban J connectivity index is 1.29. The summed E-state index contributed by atoms with van der Waals surface area (Å²) in [5, 5.41) is 3.72. The number of rotatable bonds is 6. The minimum absolute atomic E-state index is 0.0354. The van der Waals surface area contributed by atoms with Crippen molar-refractivity contribution in [1.29, 1.82) is 0 Å². The lowest BCUT2D eigenvalue weighted by Gasteiger charge is -2.32. The standard InChI is InChI=1S/C24H28N4O2S/c1-17-6-2-3-7-18(17)16-27-13-10-19(11-14-27)25-22(29)12-15-28-23(30)20-8-4-5-9-21(20)26-24(28)31/h2-9,19H,10-16H2,1H3,(H,25,29)(H,26,31). The van der Waals surface area contributed by atoms with E-state index in [0.717, 1.165) is 38.0 Å². The van der Waals surface area contributed by atoms with Crippen LogP contribution in [0.5, 0.6) is 0 Å². The number of benzene rings is 2. The van der Waals surface area contributed by atoms with E-state index in [9.17, 15) is 9.59 Å². The number of aromatic amines is 1. The third-order valence-corrected chi connectivity index (χ3v) is 6.38. The van der Waals surface area contributed by atoms with Gasteiger partial charge in [-0.05, 0) is 55.2 Å². The summed E-state index contributed by atoms with van der Waals surface area (Å²) in [6.45, 7) is 5.31. The average Bonchev–Trinajstić information content (AvgIpc) is 2.76. The second-order valence-corrected chi connectivity index (χ2v) is 8.61. The number of nitrogens with one attached hydrogen (secondary N) is 2. The summed E-state index contributed by atoms with van der Waals surface area (Å²) in [5.74, 6) is -0.0354. The number of carbonyl (C=O) groups is 1. The highest BCUT2D eigenvalue weighted by molar-refractivity contribution is 7.71. The van der Waals surface area contributed by atoms with Crippen molar-refractivity contribution in [2.45, 2.75) is 45.3 Å². The quantitative estimate of drug-likeness (QED) is 0.580. The molecule has 0 spiro atoms. The van der Waals surface area contributed by atoms with E-state index in [1.807, 2.05) is 18.2 Å². The number of hydrogen-bond donors (Lipinski definition) is 2. The molecule has 0 radical (unpaired) electrons. The van der Waals surface area contributed by atoms with Gasteiger partial charge in [-0.25, -0.2) is 0 Å². The molecule has 6 nitrogen and oxygen atoms in total. The number of hydrogen-bond acceptors (Lipinski definition) is 4. The minimum atomic E-state index is -0.156. The fourth-order valence-electron chi connectivity index (χ4n) is 4.18. The molecule has 2 N–H and O–H groups in total. The van der Waals surface area contributed by atoms with E-state index in [1.54, 1.807) is 6.07 Å². The Kier molecular flexibility index (Phi) is 6.63. The first-order valence-electron chi connectivity index (χ1n) is 10.8. The Labute approximate surface area is 186 Å². The molecule has 1 aromatic heterocycles. The lowest BCUT2D eigenvalue weighted by atomic mass is 10.0. The van der Waals surface area contributed by atoms with Gasteiger partial charge in [-0.3, -0.25) is 19.1 Å². The highest BCUT2D eigenvalue weighted by Gasteiger charge is 2.21. The summed E-state index contributed by atoms with van der Waals surface area (Å²) in [4.78, 5) is 30.7. The van der Waals surface area contributed by atoms with Crippen LogP contribution in [0.1, 0.15) is 30.4 Å². The van der Waals surface area contributed by atoms with Crippen LogP contribution in [0.25, 0.3) is 10.9 Å². The van der Waals surface area contributed by atoms with Gasteiger partial charge in [-0.2, -0.15) is 0 Å². The Hall–Kier alpha value is -2.77. The number of H-pyrrole nitrogens is 1. The summed E-state index contributed by atoms with van der Waals surface area (Å²) < 4.78 is 1.82. The SMILES string of the molecule is Cc1ccccc1CN1CCC(NC(=O)CCn2c(=S)[nH]c3ccccc3c2=O)CC1. The number of aryl methyl sites for hydroxylation is 1. The predicted molar refractivity (Wildman–Crippen MR) is 126 cm³/mol. The Morgan fingerprint density at radius 2 is 1.84 bits per heavy atom. The van der Waals surface area contributed by atoms with Gasteiger partial charge in [-0.15, -0.1) is 0 Å². The molecule has 1 fully saturated rings. The minimum Gasteiger partial charge on any atom is -0.353 e. The Morgan fingerprint density at radius 1 is 1.13 bits per heavy atom. The predicted octanol–water partition coefficient (Wildman–Crippen LogP) is 3.54. The molecule has 7 heteroatoms. The molecule has 4 rings (SSSR count). The Morgan fingerprint density at radius 3 is 2.61 bits per heavy atom. The molecule has 0 bridgehead atoms. The third-order valence-electron chi connectivity index (χ3n) is 6.06. The van der Waals surface area contributed by atoms with Crippen LogP contribution in [0.4, 0.5) is 0 Å². The number of amides is 1. The van der Waals surface area contributed by atoms with E-state index in [1.165, 1.54) is 15.7 Å². The number of likely N-dealkylation sites (tertiary alicyclic amines) is 1. The molecule has 1 amide bonds. The molecule has 0 atom stereocenters. The second kappa shape index (κ2) is 9.58. The van der Waals surface area contributed by atoms with Crippen molar-refractivity contribution >= 4 is 29.0 Å². The maximum absolute atomic E-state index is 12.7. The van der Waals surface area contributed by atoms with Crippen LogP contribution in [0, 0.1) is 11.7 Å². The maximum Gasteiger partial charge on any atom is 0.262 e. The van der Waals surface area contributed by atoms with Gasteiger partial charge in [0, 0.05) is 38.6 Å². The number of para-hydroxylation sites is 1. The molecule has 1 saturated heterocycles. The smallest absolute Gasteiger partial charge is 0.262 e. The lowest BCUT2D eigenvalue weighted by Crippen LogP contribution is -2.44. The van der Waals surface area contributed by atoms with Crippen LogP contribution >= 0.6 is 12.2 Å². The van der Waals surface area contributed by atoms with Crippen molar-refractivity contribution < 1.29 is 4.79 Å². The molecule has 0 aliphatic carbocycles. The summed E-state index contributed by atoms with van der Waals surface area (Å²) in [5.41, 5.74) is 3.25. The van der Waals surface area contributed by atoms with E-state index in [2.05, 4.69) is 46.4 Å². The summed E-state index contributed by atoms with van der Waals surface area (Å²) >= 11 is 5.33. The van der Waals surface area contributed by atoms with Crippen LogP contribution in [0.15, 0.2) is 53.3 Å². The topological polar surface area (TPSA) is 70.1 Å². The van der Waals surface area contributed by atoms with Crippen molar-refractivity contribution in [2.75, 3.05) is 13.1 Å². The zero-order valence-corrected chi connectivity index (χ0v) is 18.6. The van der Waals surface area contributed by atoms with E-state index in [4.69, 9.17) is 12.2 Å². The molecule has 2 heterocycles. The van der Waals surface area contributed by atoms with Crippen molar-refractivity contribution in [3.8, 4) is 0 Å². The van der Waals surface area contributed by atoms with Gasteiger partial charge in [0.2, 0.25) is 5.91 Å². The summed E-state index contributed by atoms with van der Waals surface area (Å²) in [6, 6.07) is 15.9. The second-order valence-electron chi connectivity index (χ2n) is 8.23. The monoisotopic (exact) mass is 436 g/mol. The fourth-order valence-corrected chi connectivity index (χ4v) is 4.46. The van der Waals surface area contributed by atoms with Crippen LogP contribution in [-0.2, 0) is 17.9 Å². The molecule has 31 heavy (non-hydrogen) atoms. The molecule has 2 aromatic carbocycles. The van der Waals surface area contributed by atoms with E-state index < -0.39 is 0 Å². The fraction of sp³-hybridized carbons (Fsp3) is 0.375. The zero-order chi connectivity index (χ0) is 21.8. The van der Waals surface area contributed by atoms with Gasteiger partial charge in [0.15, 0.2) is 4.77 Å². The zero-order valence-electron chi connectivity index (χ0n) is 17.8. The highest BCUT2D eigenvalue weighted by Crippen LogP contribution is 2.16. The van der Waals surface area contributed by atoms with Crippen molar-refractivity contribution in [3.63, 3.8) is 0 Å². The summed E-state index contributed by atoms with van der Waals surface area (Å²) in [7, 11) is 0. The number of fused-ring (bicyclic) bond motifs is 1. The van der Waals surface area contributed by atoms with Gasteiger partial charge >= 0.3 is 0 Å². The first-order chi connectivity index (χ1) is 15.0. The maximum atomic E-state index is 12.7. The molecular formula is C24H28N4O2S. The van der Waals surface area contributed by atoms with Crippen LogP contribution in [-0.4, -0.2) is 39.5 Å². The van der Waals surface area contributed by atoms with Crippen molar-refractivity contribution in [3.05, 3.63) is 74.8 Å². The van der Waals surface area contributed by atoms with Gasteiger partial charge in [0.25, 0.3) is 5.56 Å². The molecule has 1 aliphatic heterocycles. The number of nitrogens with zero attached hydrogens (tertiary/aromatic N) is 2.